The number of amides is 1. The fourth-order valence-corrected chi connectivity index (χ4v) is 3.76. The molecule has 2 aliphatic rings. The third-order valence-corrected chi connectivity index (χ3v) is 5.95. The lowest BCUT2D eigenvalue weighted by atomic mass is 9.85. The van der Waals surface area contributed by atoms with Gasteiger partial charge in [-0.3, -0.25) is 9.89 Å². The van der Waals surface area contributed by atoms with Crippen LogP contribution in [0.2, 0.25) is 0 Å². The van der Waals surface area contributed by atoms with E-state index in [1.165, 1.54) is 24.8 Å². The second-order valence-electron chi connectivity index (χ2n) is 8.27. The van der Waals surface area contributed by atoms with Gasteiger partial charge in [-0.1, -0.05) is 6.42 Å². The minimum absolute atomic E-state index is 0.211. The van der Waals surface area contributed by atoms with Gasteiger partial charge in [0.1, 0.15) is 5.82 Å². The molecule has 2 aliphatic carbocycles. The maximum atomic E-state index is 11.9. The van der Waals surface area contributed by atoms with Crippen molar-refractivity contribution in [3.8, 4) is 0 Å². The van der Waals surface area contributed by atoms with Crippen LogP contribution >= 0.6 is 0 Å². The van der Waals surface area contributed by atoms with Crippen LogP contribution < -0.4 is 16.0 Å². The molecule has 0 spiro atoms. The first-order valence-corrected chi connectivity index (χ1v) is 10.8. The van der Waals surface area contributed by atoms with Gasteiger partial charge in [-0.05, 0) is 56.2 Å². The monoisotopic (exact) mass is 405 g/mol. The number of carbonyl (C=O) groups excluding carboxylic acids is 1. The quantitative estimate of drug-likeness (QED) is 0.405. The van der Waals surface area contributed by atoms with E-state index in [2.05, 4.69) is 31.1 Å². The maximum absolute atomic E-state index is 11.9. The first kappa shape index (κ1) is 18.8. The SMILES string of the molecule is O=C(NCCCNc1nc(Nc2ccc3[nH]ncc3c2)ncc1C1CC1)C1CCC1. The van der Waals surface area contributed by atoms with Crippen LogP contribution in [0.1, 0.15) is 50.0 Å². The number of carbonyl (C=O) groups is 1. The molecule has 3 aromatic rings. The molecule has 2 heterocycles. The standard InChI is InChI=1S/C22H27N7O/c30-21(15-3-1-4-15)24-10-2-9-23-20-18(14-5-6-14)13-25-22(28-20)27-17-7-8-19-16(11-17)12-26-29-19/h7-8,11-15H,1-6,9-10H2,(H,24,30)(H,26,29)(H2,23,25,27,28). The fourth-order valence-electron chi connectivity index (χ4n) is 3.76. The lowest BCUT2D eigenvalue weighted by Gasteiger charge is -2.24. The number of rotatable bonds is 9. The van der Waals surface area contributed by atoms with Crippen molar-refractivity contribution in [1.82, 2.24) is 25.5 Å². The number of hydrogen-bond donors (Lipinski definition) is 4. The number of H-pyrrole nitrogens is 1. The van der Waals surface area contributed by atoms with Gasteiger partial charge in [0.15, 0.2) is 0 Å². The van der Waals surface area contributed by atoms with Crippen molar-refractivity contribution in [1.29, 1.82) is 0 Å². The Balaban J connectivity index is 1.20. The van der Waals surface area contributed by atoms with E-state index in [0.717, 1.165) is 48.2 Å². The van der Waals surface area contributed by atoms with Crippen LogP contribution in [-0.2, 0) is 4.79 Å². The van der Waals surface area contributed by atoms with Crippen molar-refractivity contribution in [3.63, 3.8) is 0 Å². The molecule has 0 unspecified atom stereocenters. The van der Waals surface area contributed by atoms with Crippen molar-refractivity contribution in [3.05, 3.63) is 36.2 Å². The summed E-state index contributed by atoms with van der Waals surface area (Å²) in [5, 5.41) is 17.9. The molecule has 2 aromatic heterocycles. The largest absolute Gasteiger partial charge is 0.370 e. The molecule has 0 bridgehead atoms. The summed E-state index contributed by atoms with van der Waals surface area (Å²) in [6.07, 6.45) is 10.3. The van der Waals surface area contributed by atoms with Crippen LogP contribution in [0.15, 0.2) is 30.6 Å². The molecule has 0 saturated heterocycles. The van der Waals surface area contributed by atoms with Crippen LogP contribution in [0.3, 0.4) is 0 Å². The van der Waals surface area contributed by atoms with Crippen molar-refractivity contribution >= 4 is 34.3 Å². The summed E-state index contributed by atoms with van der Waals surface area (Å²) in [5.41, 5.74) is 3.11. The van der Waals surface area contributed by atoms with Crippen molar-refractivity contribution < 1.29 is 4.79 Å². The molecule has 30 heavy (non-hydrogen) atoms. The minimum atomic E-state index is 0.211. The highest BCUT2D eigenvalue weighted by Gasteiger charge is 2.28. The molecular formula is C22H27N7O. The highest BCUT2D eigenvalue weighted by molar-refractivity contribution is 5.82. The molecule has 5 rings (SSSR count). The normalized spacial score (nSPS) is 16.3. The third kappa shape index (κ3) is 4.22. The van der Waals surface area contributed by atoms with E-state index in [0.29, 0.717) is 18.4 Å². The molecule has 8 nitrogen and oxygen atoms in total. The van der Waals surface area contributed by atoms with E-state index in [1.54, 1.807) is 6.20 Å². The summed E-state index contributed by atoms with van der Waals surface area (Å²) < 4.78 is 0. The molecule has 4 N–H and O–H groups in total. The van der Waals surface area contributed by atoms with Crippen LogP contribution in [0, 0.1) is 5.92 Å². The van der Waals surface area contributed by atoms with Gasteiger partial charge in [-0.15, -0.1) is 0 Å². The van der Waals surface area contributed by atoms with Gasteiger partial charge in [-0.25, -0.2) is 4.98 Å². The topological polar surface area (TPSA) is 108 Å². The van der Waals surface area contributed by atoms with Gasteiger partial charge in [0.05, 0.1) is 11.7 Å². The Morgan fingerprint density at radius 3 is 2.83 bits per heavy atom. The van der Waals surface area contributed by atoms with Crippen molar-refractivity contribution in [2.24, 2.45) is 5.92 Å². The second kappa shape index (κ2) is 8.30. The molecule has 0 radical (unpaired) electrons. The minimum Gasteiger partial charge on any atom is -0.370 e. The summed E-state index contributed by atoms with van der Waals surface area (Å²) in [7, 11) is 0. The van der Waals surface area contributed by atoms with E-state index in [4.69, 9.17) is 4.98 Å². The Morgan fingerprint density at radius 2 is 2.03 bits per heavy atom. The van der Waals surface area contributed by atoms with E-state index in [9.17, 15) is 4.79 Å². The third-order valence-electron chi connectivity index (χ3n) is 5.95. The number of benzene rings is 1. The highest BCUT2D eigenvalue weighted by atomic mass is 16.1. The number of aromatic nitrogens is 4. The first-order valence-electron chi connectivity index (χ1n) is 10.8. The Morgan fingerprint density at radius 1 is 1.13 bits per heavy atom. The van der Waals surface area contributed by atoms with Crippen LogP contribution in [0.5, 0.6) is 0 Å². The number of fused-ring (bicyclic) bond motifs is 1. The Labute approximate surface area is 175 Å². The molecule has 2 fully saturated rings. The summed E-state index contributed by atoms with van der Waals surface area (Å²) in [5.74, 6) is 2.48. The van der Waals surface area contributed by atoms with E-state index < -0.39 is 0 Å². The number of nitrogens with one attached hydrogen (secondary N) is 4. The summed E-state index contributed by atoms with van der Waals surface area (Å²) in [6, 6.07) is 5.99. The lowest BCUT2D eigenvalue weighted by molar-refractivity contribution is -0.127. The number of nitrogens with zero attached hydrogens (tertiary/aromatic N) is 3. The fraction of sp³-hybridized carbons (Fsp3) is 0.455. The maximum Gasteiger partial charge on any atom is 0.229 e. The van der Waals surface area contributed by atoms with Gasteiger partial charge < -0.3 is 16.0 Å². The van der Waals surface area contributed by atoms with Crippen LogP contribution in [0.25, 0.3) is 10.9 Å². The van der Waals surface area contributed by atoms with Gasteiger partial charge in [-0.2, -0.15) is 10.1 Å². The summed E-state index contributed by atoms with van der Waals surface area (Å²) >= 11 is 0. The average molecular weight is 406 g/mol. The average Bonchev–Trinajstić information content (AvgIpc) is 3.43. The Kier molecular flexibility index (Phi) is 5.21. The zero-order chi connectivity index (χ0) is 20.3. The molecule has 0 aliphatic heterocycles. The Hall–Kier alpha value is -3.16. The van der Waals surface area contributed by atoms with Crippen LogP contribution in [0.4, 0.5) is 17.5 Å². The van der Waals surface area contributed by atoms with Crippen molar-refractivity contribution in [2.75, 3.05) is 23.7 Å². The smallest absolute Gasteiger partial charge is 0.229 e. The number of anilines is 3. The summed E-state index contributed by atoms with van der Waals surface area (Å²) in [4.78, 5) is 21.2. The van der Waals surface area contributed by atoms with Gasteiger partial charge >= 0.3 is 0 Å². The zero-order valence-corrected chi connectivity index (χ0v) is 16.9. The molecule has 8 heteroatoms. The highest BCUT2D eigenvalue weighted by Crippen LogP contribution is 2.42. The van der Waals surface area contributed by atoms with Gasteiger partial charge in [0.2, 0.25) is 11.9 Å². The van der Waals surface area contributed by atoms with E-state index in [-0.39, 0.29) is 11.8 Å². The van der Waals surface area contributed by atoms with Gasteiger partial charge in [0.25, 0.3) is 0 Å². The molecule has 1 aromatic carbocycles. The number of hydrogen-bond acceptors (Lipinski definition) is 6. The molecule has 1 amide bonds. The van der Waals surface area contributed by atoms with Crippen molar-refractivity contribution in [2.45, 2.75) is 44.4 Å². The predicted molar refractivity (Wildman–Crippen MR) is 117 cm³/mol. The first-order chi connectivity index (χ1) is 14.8. The summed E-state index contributed by atoms with van der Waals surface area (Å²) in [6.45, 7) is 1.46. The van der Waals surface area contributed by atoms with E-state index >= 15 is 0 Å². The Bertz CT molecular complexity index is 1040. The molecular weight excluding hydrogens is 378 g/mol. The molecule has 156 valence electrons. The van der Waals surface area contributed by atoms with Gasteiger partial charge in [0, 0.05) is 41.8 Å². The van der Waals surface area contributed by atoms with Crippen LogP contribution in [-0.4, -0.2) is 39.2 Å². The molecule has 0 atom stereocenters. The van der Waals surface area contributed by atoms with E-state index in [1.807, 2.05) is 24.4 Å². The molecule has 2 saturated carbocycles. The lowest BCUT2D eigenvalue weighted by Crippen LogP contribution is -2.35. The second-order valence-corrected chi connectivity index (χ2v) is 8.27. The predicted octanol–water partition coefficient (Wildman–Crippen LogP) is 3.69. The zero-order valence-electron chi connectivity index (χ0n) is 16.9. The number of aromatic amines is 1.